The van der Waals surface area contributed by atoms with Crippen LogP contribution < -0.4 is 23.7 Å². The number of allylic oxidation sites excluding steroid dienone is 1. The number of aryl methyl sites for hydroxylation is 7. The molecule has 0 bridgehead atoms. The van der Waals surface area contributed by atoms with E-state index in [1.165, 1.54) is 191 Å². The highest BCUT2D eigenvalue weighted by Gasteiger charge is 2.46. The fraction of sp³-hybridized carbons (Fsp3) is 0.613. The molecule has 0 aliphatic heterocycles. The third-order valence-electron chi connectivity index (χ3n) is 32.5. The number of ketones is 2. The number of ether oxygens (including phenoxy) is 5. The molecule has 0 radical (unpaired) electrons. The first-order valence-corrected chi connectivity index (χ1v) is 53.9. The first-order chi connectivity index (χ1) is 68.3. The molecule has 9 fully saturated rings. The van der Waals surface area contributed by atoms with Crippen LogP contribution in [0.4, 0.5) is 70.2 Å². The van der Waals surface area contributed by atoms with Crippen LogP contribution in [0.1, 0.15) is 352 Å². The minimum atomic E-state index is -3.36. The number of benzene rings is 7. The summed E-state index contributed by atoms with van der Waals surface area (Å²) in [6, 6.07) is 20.4. The van der Waals surface area contributed by atoms with E-state index in [-0.39, 0.29) is 98.1 Å². The lowest BCUT2D eigenvalue weighted by Gasteiger charge is -2.37. The Balaban J connectivity index is 0.000000886. The summed E-state index contributed by atoms with van der Waals surface area (Å²) in [5.41, 5.74) is 2.03. The molecule has 0 saturated heterocycles. The van der Waals surface area contributed by atoms with Crippen molar-refractivity contribution in [2.45, 2.75) is 340 Å². The van der Waals surface area contributed by atoms with Crippen LogP contribution in [0.2, 0.25) is 10.0 Å². The van der Waals surface area contributed by atoms with Crippen LogP contribution in [-0.4, -0.2) is 43.6 Å². The van der Waals surface area contributed by atoms with Crippen LogP contribution in [0.25, 0.3) is 0 Å². The molecule has 16 rings (SSSR count). The predicted octanol–water partition coefficient (Wildman–Crippen LogP) is 39.6. The summed E-state index contributed by atoms with van der Waals surface area (Å²) in [6.45, 7) is 27.5. The number of rotatable bonds is 22. The Kier molecular flexibility index (Phi) is 45.9. The second kappa shape index (κ2) is 56.1. The molecule has 0 atom stereocenters. The molecule has 7 aromatic carbocycles. The zero-order valence-electron chi connectivity index (χ0n) is 86.9. The number of carbonyl (C=O) groups is 2. The van der Waals surface area contributed by atoms with Crippen LogP contribution in [-0.2, 0) is 0 Å². The molecule has 0 heterocycles. The molecule has 0 spiro atoms. The SMILES string of the molecule is Cc1ccc(C(=O)C2CCC(C)CC2)c(F)c1F.Cc1ccc(C(=O)C2CCC(C)CC2)c(F)c1F.Cc1ccc(OC(F)(F)C2CCC(C)CC2)c(Cl)c1F.Cc1ccc(OC(F)(F)C2CCC(C)CC2)c(F)c1Cl.Cc1ccc(OC/C=C/C2CCC(C)CC2)c(F)c1F.Cc1ccc(OCC2CCC(C3CCC(C)CC3)CC2)c(F)c1F.Cc1ccc(OCC2CCC(C3CCC(C)CC3)CC2)c(F)c1F.[HH].[HH].[HH].[HH].[HH].[HH].[HH].[HH].[HH]. The van der Waals surface area contributed by atoms with Crippen molar-refractivity contribution in [2.24, 2.45) is 107 Å². The van der Waals surface area contributed by atoms with E-state index in [9.17, 15) is 79.8 Å². The van der Waals surface area contributed by atoms with E-state index >= 15 is 0 Å². The third kappa shape index (κ3) is 34.1. The maximum Gasteiger partial charge on any atom is 0.400 e. The largest absolute Gasteiger partial charge is 0.490 e. The maximum absolute atomic E-state index is 14.1. The van der Waals surface area contributed by atoms with Crippen molar-refractivity contribution in [2.75, 3.05) is 19.8 Å². The summed E-state index contributed by atoms with van der Waals surface area (Å²) in [6.07, 6.45) is 35.1. The van der Waals surface area contributed by atoms with Crippen molar-refractivity contribution < 1.29 is 116 Å². The topological polar surface area (TPSA) is 80.3 Å². The smallest absolute Gasteiger partial charge is 0.400 e. The second-order valence-corrected chi connectivity index (χ2v) is 44.8. The fourth-order valence-corrected chi connectivity index (χ4v) is 22.3. The quantitative estimate of drug-likeness (QED) is 0.0380. The normalized spacial score (nSPS) is 26.1. The van der Waals surface area contributed by atoms with Crippen LogP contribution >= 0.6 is 23.2 Å². The highest BCUT2D eigenvalue weighted by Crippen LogP contribution is 2.48. The summed E-state index contributed by atoms with van der Waals surface area (Å²) in [7, 11) is 0. The molecule has 9 aliphatic rings. The molecular formula is C119H172Cl2F16O7. The summed E-state index contributed by atoms with van der Waals surface area (Å²) in [5.74, 6) is -3.50. The minimum absolute atomic E-state index is 0. The van der Waals surface area contributed by atoms with Crippen molar-refractivity contribution in [1.29, 1.82) is 0 Å². The monoisotopic (exact) mass is 2090 g/mol. The van der Waals surface area contributed by atoms with Crippen LogP contribution in [0.15, 0.2) is 97.1 Å². The maximum atomic E-state index is 14.1. The van der Waals surface area contributed by atoms with Crippen molar-refractivity contribution >= 4 is 34.8 Å². The Morgan fingerprint density at radius 3 is 0.882 bits per heavy atom. The Labute approximate surface area is 869 Å². The second-order valence-electron chi connectivity index (χ2n) is 44.0. The van der Waals surface area contributed by atoms with Crippen LogP contribution in [0.3, 0.4) is 0 Å². The average Bonchev–Trinajstić information content (AvgIpc) is 0.812. The van der Waals surface area contributed by atoms with Crippen molar-refractivity contribution in [3.8, 4) is 28.7 Å². The van der Waals surface area contributed by atoms with Gasteiger partial charge in [-0.1, -0.05) is 216 Å². The number of halogens is 18. The van der Waals surface area contributed by atoms with Gasteiger partial charge >= 0.3 is 12.2 Å². The van der Waals surface area contributed by atoms with E-state index in [1.54, 1.807) is 45.0 Å². The third-order valence-corrected chi connectivity index (χ3v) is 33.3. The highest BCUT2D eigenvalue weighted by molar-refractivity contribution is 6.32. The van der Waals surface area contributed by atoms with Gasteiger partial charge in [-0.2, -0.15) is 30.7 Å². The molecule has 9 aliphatic carbocycles. The Bertz CT molecular complexity index is 5020. The lowest BCUT2D eigenvalue weighted by molar-refractivity contribution is -0.224. The number of hydrogen-bond donors (Lipinski definition) is 0. The van der Waals surface area contributed by atoms with Crippen LogP contribution in [0, 0.1) is 225 Å². The molecule has 816 valence electrons. The first-order valence-electron chi connectivity index (χ1n) is 53.2. The molecular weight excluding hydrogens is 1920 g/mol. The molecule has 9 saturated carbocycles. The van der Waals surface area contributed by atoms with Crippen LogP contribution in [0.5, 0.6) is 28.7 Å². The van der Waals surface area contributed by atoms with E-state index in [0.29, 0.717) is 108 Å². The molecule has 0 aromatic heterocycles. The van der Waals surface area contributed by atoms with Gasteiger partial charge in [0.05, 0.1) is 41.2 Å². The molecule has 25 heteroatoms. The Morgan fingerprint density at radius 1 is 0.285 bits per heavy atom. The van der Waals surface area contributed by atoms with Crippen molar-refractivity contribution in [1.82, 2.24) is 0 Å². The van der Waals surface area contributed by atoms with Gasteiger partial charge in [0.15, 0.2) is 81.1 Å². The van der Waals surface area contributed by atoms with E-state index in [2.05, 4.69) is 59.3 Å². The van der Waals surface area contributed by atoms with E-state index in [4.69, 9.17) is 42.1 Å². The number of hydrogen-bond acceptors (Lipinski definition) is 7. The molecule has 7 aromatic rings. The van der Waals surface area contributed by atoms with Gasteiger partial charge in [-0.3, -0.25) is 9.59 Å². The molecule has 7 nitrogen and oxygen atoms in total. The molecule has 144 heavy (non-hydrogen) atoms. The summed E-state index contributed by atoms with van der Waals surface area (Å²) in [5, 5.41) is -0.551. The van der Waals surface area contributed by atoms with Gasteiger partial charge in [-0.25, -0.2) is 39.5 Å². The predicted molar refractivity (Wildman–Crippen MR) is 561 cm³/mol. The van der Waals surface area contributed by atoms with Gasteiger partial charge in [0.1, 0.15) is 23.2 Å². The number of carbonyl (C=O) groups excluding carboxylic acids is 2. The fourth-order valence-electron chi connectivity index (χ4n) is 21.9. The van der Waals surface area contributed by atoms with Crippen molar-refractivity contribution in [3.63, 3.8) is 0 Å². The average molecular weight is 2090 g/mol. The first kappa shape index (κ1) is 118. The lowest BCUT2D eigenvalue weighted by Crippen LogP contribution is -2.37. The van der Waals surface area contributed by atoms with Crippen molar-refractivity contribution in [3.05, 3.63) is 227 Å². The lowest BCUT2D eigenvalue weighted by atomic mass is 9.69. The molecule has 0 amide bonds. The van der Waals surface area contributed by atoms with E-state index < -0.39 is 99.6 Å². The number of alkyl halides is 4. The standard InChI is InChI=1S/2C21H30F2O.C17H22F2O.2C15H18ClF3O.2C15H18F2O.9H2/c2*1-14-3-8-17(9-4-14)18-10-6-16(7-11-18)13-24-19-12-5-15(2)20(22)21(19)23;1-12-5-8-14(9-6-12)4-3-11-20-15-10-7-13(2)16(18)17(15)19;1-9-3-6-11(7-4-9)15(18,19)20-12-8-5-10(2)14(17)13(12)16;1-9-3-6-11(7-4-9)15(18,19)20-12-8-5-10(2)13(16)14(12)17;2*1-9-3-6-11(7-4-9)15(18)12-8-5-10(2)13(16)14(12)17;;;;;;;;;/h2*5,12,14,16-18H,3-4,6-11,13H2,1-2H3;3-4,7,10,12,14H,5-6,8-9,11H2,1-2H3;2*5,8-9,11H,3-4,6-7H2,1-2H3;2*5,8-9,11H,3-4,6-7H2,1-2H3;9*1H/b;;4-3+;;;;;;;;;;;;;. The Morgan fingerprint density at radius 2 is 0.542 bits per heavy atom. The molecule has 0 unspecified atom stereocenters. The van der Waals surface area contributed by atoms with Gasteiger partial charge < -0.3 is 23.7 Å². The minimum Gasteiger partial charge on any atom is -0.490 e. The summed E-state index contributed by atoms with van der Waals surface area (Å²) in [4.78, 5) is 24.4. The zero-order valence-corrected chi connectivity index (χ0v) is 88.4. The Hall–Kier alpha value is -7.92. The van der Waals surface area contributed by atoms with Gasteiger partial charge in [0.25, 0.3) is 0 Å². The number of Topliss-reactive ketones (excluding diaryl/α,β-unsaturated/α-hetero) is 2. The summed E-state index contributed by atoms with van der Waals surface area (Å²) >= 11 is 11.4. The van der Waals surface area contributed by atoms with Gasteiger partial charge in [-0.05, 0) is 354 Å². The van der Waals surface area contributed by atoms with Gasteiger partial charge in [0.2, 0.25) is 17.5 Å². The van der Waals surface area contributed by atoms with E-state index in [0.717, 1.165) is 144 Å². The summed E-state index contributed by atoms with van der Waals surface area (Å²) < 4.78 is 246. The zero-order chi connectivity index (χ0) is 105. The van der Waals surface area contributed by atoms with E-state index in [1.807, 2.05) is 6.08 Å². The van der Waals surface area contributed by atoms with Gasteiger partial charge in [0, 0.05) is 24.7 Å². The van der Waals surface area contributed by atoms with Gasteiger partial charge in [-0.15, -0.1) is 0 Å². The molecule has 0 N–H and O–H groups in total. The highest BCUT2D eigenvalue weighted by atomic mass is 35.5.